The van der Waals surface area contributed by atoms with Gasteiger partial charge in [0.1, 0.15) is 0 Å². The van der Waals surface area contributed by atoms with Gasteiger partial charge in [0.05, 0.1) is 25.4 Å². The third-order valence-electron chi connectivity index (χ3n) is 4.24. The van der Waals surface area contributed by atoms with Crippen molar-refractivity contribution >= 4 is 0 Å². The van der Waals surface area contributed by atoms with Gasteiger partial charge in [0.2, 0.25) is 0 Å². The Bertz CT molecular complexity index is 389. The van der Waals surface area contributed by atoms with E-state index in [0.29, 0.717) is 19.3 Å². The summed E-state index contributed by atoms with van der Waals surface area (Å²) in [6.45, 7) is 7.33. The molecule has 2 rings (SSSR count). The van der Waals surface area contributed by atoms with Gasteiger partial charge in [-0.3, -0.25) is 4.68 Å². The van der Waals surface area contributed by atoms with Crippen LogP contribution in [0.5, 0.6) is 0 Å². The van der Waals surface area contributed by atoms with Crippen molar-refractivity contribution in [2.24, 2.45) is 5.92 Å². The molecule has 0 bridgehead atoms. The zero-order valence-corrected chi connectivity index (χ0v) is 12.9. The molecule has 1 aliphatic rings. The van der Waals surface area contributed by atoms with Gasteiger partial charge in [0, 0.05) is 11.4 Å². The van der Waals surface area contributed by atoms with Crippen LogP contribution in [0.15, 0.2) is 12.1 Å². The SMILES string of the molecule is Cc1ccc(C)n1NCC(O)COC1CCC(C)CC1. The first-order chi connectivity index (χ1) is 9.56. The van der Waals surface area contributed by atoms with Crippen molar-refractivity contribution in [1.82, 2.24) is 4.68 Å². The summed E-state index contributed by atoms with van der Waals surface area (Å²) < 4.78 is 7.83. The van der Waals surface area contributed by atoms with Crippen LogP contribution in [0.2, 0.25) is 0 Å². The lowest BCUT2D eigenvalue weighted by atomic mass is 9.89. The standard InChI is InChI=1S/C16H28N2O2/c1-12-4-8-16(9-5-12)20-11-15(19)10-17-18-13(2)6-7-14(18)3/h6-7,12,15-17,19H,4-5,8-11H2,1-3H3. The Kier molecular flexibility index (Phi) is 5.49. The van der Waals surface area contributed by atoms with Gasteiger partial charge in [-0.25, -0.2) is 0 Å². The fourth-order valence-electron chi connectivity index (χ4n) is 2.82. The number of aliphatic hydroxyl groups excluding tert-OH is 1. The Labute approximate surface area is 122 Å². The summed E-state index contributed by atoms with van der Waals surface area (Å²) in [6.07, 6.45) is 4.65. The second-order valence-corrected chi connectivity index (χ2v) is 6.18. The lowest BCUT2D eigenvalue weighted by Crippen LogP contribution is -2.32. The molecule has 0 aromatic carbocycles. The molecule has 0 radical (unpaired) electrons. The molecule has 0 aliphatic heterocycles. The van der Waals surface area contributed by atoms with E-state index in [2.05, 4.69) is 24.5 Å². The van der Waals surface area contributed by atoms with Gasteiger partial charge in [-0.15, -0.1) is 0 Å². The second-order valence-electron chi connectivity index (χ2n) is 6.18. The second kappa shape index (κ2) is 7.14. The third-order valence-corrected chi connectivity index (χ3v) is 4.24. The van der Waals surface area contributed by atoms with Crippen molar-refractivity contribution < 1.29 is 9.84 Å². The highest BCUT2D eigenvalue weighted by Gasteiger charge is 2.19. The number of aryl methyl sites for hydroxylation is 2. The minimum Gasteiger partial charge on any atom is -0.389 e. The highest BCUT2D eigenvalue weighted by atomic mass is 16.5. The molecule has 0 spiro atoms. The van der Waals surface area contributed by atoms with Crippen LogP contribution in [0.1, 0.15) is 44.0 Å². The zero-order chi connectivity index (χ0) is 14.5. The van der Waals surface area contributed by atoms with E-state index in [0.717, 1.165) is 30.1 Å². The molecule has 1 unspecified atom stereocenters. The predicted molar refractivity (Wildman–Crippen MR) is 81.5 cm³/mol. The van der Waals surface area contributed by atoms with Crippen LogP contribution in [-0.4, -0.2) is 35.1 Å². The van der Waals surface area contributed by atoms with Crippen molar-refractivity contribution in [3.63, 3.8) is 0 Å². The molecule has 114 valence electrons. The number of hydrogen-bond donors (Lipinski definition) is 2. The number of nitrogens with one attached hydrogen (secondary N) is 1. The van der Waals surface area contributed by atoms with E-state index < -0.39 is 6.10 Å². The summed E-state index contributed by atoms with van der Waals surface area (Å²) >= 11 is 0. The Morgan fingerprint density at radius 2 is 1.85 bits per heavy atom. The van der Waals surface area contributed by atoms with Gasteiger partial charge in [0.15, 0.2) is 0 Å². The highest BCUT2D eigenvalue weighted by Crippen LogP contribution is 2.25. The van der Waals surface area contributed by atoms with E-state index in [1.807, 2.05) is 18.5 Å². The molecular weight excluding hydrogens is 252 g/mol. The number of ether oxygens (including phenoxy) is 1. The molecule has 20 heavy (non-hydrogen) atoms. The smallest absolute Gasteiger partial charge is 0.0961 e. The normalized spacial score (nSPS) is 24.6. The predicted octanol–water partition coefficient (Wildman–Crippen LogP) is 2.60. The zero-order valence-electron chi connectivity index (χ0n) is 12.9. The highest BCUT2D eigenvalue weighted by molar-refractivity contribution is 5.15. The van der Waals surface area contributed by atoms with E-state index in [-0.39, 0.29) is 0 Å². The minimum absolute atomic E-state index is 0.343. The van der Waals surface area contributed by atoms with Crippen LogP contribution in [-0.2, 0) is 4.74 Å². The molecule has 1 aromatic heterocycles. The van der Waals surface area contributed by atoms with Gasteiger partial charge < -0.3 is 15.3 Å². The molecule has 0 amide bonds. The van der Waals surface area contributed by atoms with E-state index in [1.165, 1.54) is 12.8 Å². The molecule has 1 aromatic rings. The van der Waals surface area contributed by atoms with Gasteiger partial charge in [-0.2, -0.15) is 0 Å². The Balaban J connectivity index is 1.67. The molecule has 1 aliphatic carbocycles. The number of aromatic nitrogens is 1. The van der Waals surface area contributed by atoms with Gasteiger partial charge >= 0.3 is 0 Å². The Hall–Kier alpha value is -1.00. The van der Waals surface area contributed by atoms with E-state index >= 15 is 0 Å². The number of hydrogen-bond acceptors (Lipinski definition) is 3. The summed E-state index contributed by atoms with van der Waals surface area (Å²) in [7, 11) is 0. The van der Waals surface area contributed by atoms with Crippen LogP contribution < -0.4 is 5.43 Å². The maximum atomic E-state index is 10.0. The number of rotatable bonds is 6. The minimum atomic E-state index is -0.462. The maximum Gasteiger partial charge on any atom is 0.0961 e. The summed E-state index contributed by atoms with van der Waals surface area (Å²) in [5.74, 6) is 0.834. The summed E-state index contributed by atoms with van der Waals surface area (Å²) in [4.78, 5) is 0. The third kappa shape index (κ3) is 4.25. The summed E-state index contributed by atoms with van der Waals surface area (Å²) in [5.41, 5.74) is 5.54. The fourth-order valence-corrected chi connectivity index (χ4v) is 2.82. The van der Waals surface area contributed by atoms with Crippen LogP contribution in [0.3, 0.4) is 0 Å². The van der Waals surface area contributed by atoms with Crippen molar-refractivity contribution in [1.29, 1.82) is 0 Å². The van der Waals surface area contributed by atoms with Gasteiger partial charge in [0.25, 0.3) is 0 Å². The van der Waals surface area contributed by atoms with Crippen molar-refractivity contribution in [3.8, 4) is 0 Å². The van der Waals surface area contributed by atoms with Gasteiger partial charge in [-0.05, 0) is 57.6 Å². The molecule has 4 nitrogen and oxygen atoms in total. The van der Waals surface area contributed by atoms with Crippen molar-refractivity contribution in [3.05, 3.63) is 23.5 Å². The molecular formula is C16H28N2O2. The van der Waals surface area contributed by atoms with E-state index in [4.69, 9.17) is 4.74 Å². The first-order valence-electron chi connectivity index (χ1n) is 7.74. The Morgan fingerprint density at radius 3 is 2.45 bits per heavy atom. The van der Waals surface area contributed by atoms with Crippen LogP contribution in [0.25, 0.3) is 0 Å². The van der Waals surface area contributed by atoms with Crippen molar-refractivity contribution in [2.75, 3.05) is 18.6 Å². The number of aliphatic hydroxyl groups is 1. The fraction of sp³-hybridized carbons (Fsp3) is 0.750. The van der Waals surface area contributed by atoms with Crippen LogP contribution >= 0.6 is 0 Å². The summed E-state index contributed by atoms with van der Waals surface area (Å²) in [6, 6.07) is 4.13. The molecule has 2 N–H and O–H groups in total. The lowest BCUT2D eigenvalue weighted by molar-refractivity contribution is -0.0251. The number of nitrogens with zero attached hydrogens (tertiary/aromatic N) is 1. The largest absolute Gasteiger partial charge is 0.389 e. The van der Waals surface area contributed by atoms with E-state index in [1.54, 1.807) is 0 Å². The topological polar surface area (TPSA) is 46.4 Å². The first kappa shape index (κ1) is 15.4. The maximum absolute atomic E-state index is 10.0. The van der Waals surface area contributed by atoms with Crippen LogP contribution in [0, 0.1) is 19.8 Å². The van der Waals surface area contributed by atoms with Gasteiger partial charge in [-0.1, -0.05) is 6.92 Å². The molecule has 1 heterocycles. The van der Waals surface area contributed by atoms with Crippen LogP contribution in [0.4, 0.5) is 0 Å². The lowest BCUT2D eigenvalue weighted by Gasteiger charge is -2.27. The summed E-state index contributed by atoms with van der Waals surface area (Å²) in [5, 5.41) is 10.0. The molecule has 0 saturated heterocycles. The van der Waals surface area contributed by atoms with Crippen molar-refractivity contribution in [2.45, 2.75) is 58.7 Å². The average molecular weight is 280 g/mol. The molecule has 4 heteroatoms. The monoisotopic (exact) mass is 280 g/mol. The average Bonchev–Trinajstić information content (AvgIpc) is 2.75. The molecule has 1 saturated carbocycles. The Morgan fingerprint density at radius 1 is 1.25 bits per heavy atom. The molecule has 1 fully saturated rings. The quantitative estimate of drug-likeness (QED) is 0.842. The van der Waals surface area contributed by atoms with E-state index in [9.17, 15) is 5.11 Å². The molecule has 1 atom stereocenters. The first-order valence-corrected chi connectivity index (χ1v) is 7.74.